The van der Waals surface area contributed by atoms with Crippen LogP contribution >= 0.6 is 34.5 Å². The monoisotopic (exact) mass is 337 g/mol. The number of benzene rings is 1. The Morgan fingerprint density at radius 2 is 2.05 bits per heavy atom. The molecule has 0 radical (unpaired) electrons. The third-order valence-corrected chi connectivity index (χ3v) is 5.23. The maximum absolute atomic E-state index is 12.2. The number of anilines is 2. The van der Waals surface area contributed by atoms with Crippen molar-refractivity contribution in [2.45, 2.75) is 11.8 Å². The third-order valence-electron chi connectivity index (χ3n) is 2.15. The van der Waals surface area contributed by atoms with Crippen LogP contribution in [0.2, 0.25) is 10.0 Å². The fourth-order valence-electron chi connectivity index (χ4n) is 1.43. The maximum atomic E-state index is 12.2. The molecule has 0 aliphatic rings. The molecule has 102 valence electrons. The summed E-state index contributed by atoms with van der Waals surface area (Å²) < 4.78 is 26.8. The Balaban J connectivity index is 2.45. The first kappa shape index (κ1) is 14.4. The fraction of sp³-hybridized carbons (Fsp3) is 0.100. The normalized spacial score (nSPS) is 11.5. The van der Waals surface area contributed by atoms with Gasteiger partial charge in [0.25, 0.3) is 10.0 Å². The molecule has 2 aromatic rings. The summed E-state index contributed by atoms with van der Waals surface area (Å²) in [6, 6.07) is 2.65. The molecule has 1 aromatic carbocycles. The van der Waals surface area contributed by atoms with Gasteiger partial charge in [0, 0.05) is 10.4 Å². The number of hydrogen-bond donors (Lipinski definition) is 2. The second-order valence-electron chi connectivity index (χ2n) is 3.71. The third kappa shape index (κ3) is 3.11. The lowest BCUT2D eigenvalue weighted by Gasteiger charge is -2.10. The summed E-state index contributed by atoms with van der Waals surface area (Å²) in [6.45, 7) is 1.76. The number of nitrogens with zero attached hydrogens (tertiary/aromatic N) is 1. The van der Waals surface area contributed by atoms with Gasteiger partial charge in [-0.25, -0.2) is 13.4 Å². The number of nitrogens with two attached hydrogens (primary N) is 1. The van der Waals surface area contributed by atoms with Crippen molar-refractivity contribution in [3.05, 3.63) is 33.3 Å². The minimum absolute atomic E-state index is 0.0155. The summed E-state index contributed by atoms with van der Waals surface area (Å²) in [5.74, 6) is 0. The van der Waals surface area contributed by atoms with Crippen LogP contribution < -0.4 is 10.5 Å². The highest BCUT2D eigenvalue weighted by atomic mass is 35.5. The highest BCUT2D eigenvalue weighted by Crippen LogP contribution is 2.32. The largest absolute Gasteiger partial charge is 0.398 e. The molecule has 0 atom stereocenters. The summed E-state index contributed by atoms with van der Waals surface area (Å²) >= 11 is 12.8. The van der Waals surface area contributed by atoms with Gasteiger partial charge in [-0.3, -0.25) is 4.72 Å². The summed E-state index contributed by atoms with van der Waals surface area (Å²) in [4.78, 5) is 3.81. The topological polar surface area (TPSA) is 85.1 Å². The minimum Gasteiger partial charge on any atom is -0.398 e. The van der Waals surface area contributed by atoms with Gasteiger partial charge in [0.15, 0.2) is 5.13 Å². The smallest absolute Gasteiger partial charge is 0.267 e. The van der Waals surface area contributed by atoms with E-state index in [-0.39, 0.29) is 25.8 Å². The lowest BCUT2D eigenvalue weighted by molar-refractivity contribution is 0.601. The summed E-state index contributed by atoms with van der Waals surface area (Å²) in [7, 11) is -3.90. The van der Waals surface area contributed by atoms with Crippen molar-refractivity contribution in [3.8, 4) is 0 Å². The number of nitrogens with one attached hydrogen (secondary N) is 1. The van der Waals surface area contributed by atoms with Crippen molar-refractivity contribution in [2.24, 2.45) is 0 Å². The molecule has 3 N–H and O–H groups in total. The molecule has 2 rings (SSSR count). The second-order valence-corrected chi connectivity index (χ2v) is 7.03. The van der Waals surface area contributed by atoms with Crippen LogP contribution in [0.4, 0.5) is 10.8 Å². The molecule has 0 saturated heterocycles. The standard InChI is InChI=1S/C10H9Cl2N3O2S2/c1-5-4-18-10(14-5)15-19(16,17)9-7(12)2-6(11)3-8(9)13/h2-4H,13H2,1H3,(H,14,15). The Hall–Kier alpha value is -1.02. The number of thiazole rings is 1. The van der Waals surface area contributed by atoms with Crippen molar-refractivity contribution < 1.29 is 8.42 Å². The highest BCUT2D eigenvalue weighted by molar-refractivity contribution is 7.93. The highest BCUT2D eigenvalue weighted by Gasteiger charge is 2.23. The van der Waals surface area contributed by atoms with Crippen molar-refractivity contribution in [1.82, 2.24) is 4.98 Å². The van der Waals surface area contributed by atoms with E-state index in [2.05, 4.69) is 9.71 Å². The first-order valence-electron chi connectivity index (χ1n) is 4.99. The average molecular weight is 338 g/mol. The average Bonchev–Trinajstić information content (AvgIpc) is 2.60. The predicted molar refractivity (Wildman–Crippen MR) is 78.5 cm³/mol. The summed E-state index contributed by atoms with van der Waals surface area (Å²) in [5, 5.41) is 2.21. The van der Waals surface area contributed by atoms with Gasteiger partial charge < -0.3 is 5.73 Å². The molecule has 0 saturated carbocycles. The van der Waals surface area contributed by atoms with Crippen molar-refractivity contribution in [1.29, 1.82) is 0 Å². The van der Waals surface area contributed by atoms with Gasteiger partial charge in [-0.1, -0.05) is 23.2 Å². The molecule has 1 aromatic heterocycles. The number of sulfonamides is 1. The van der Waals surface area contributed by atoms with E-state index in [0.29, 0.717) is 0 Å². The summed E-state index contributed by atoms with van der Waals surface area (Å²) in [5.41, 5.74) is 6.37. The van der Waals surface area contributed by atoms with E-state index in [9.17, 15) is 8.42 Å². The zero-order valence-electron chi connectivity index (χ0n) is 9.65. The van der Waals surface area contributed by atoms with Crippen LogP contribution in [0, 0.1) is 6.92 Å². The Morgan fingerprint density at radius 3 is 2.58 bits per heavy atom. The van der Waals surface area contributed by atoms with Gasteiger partial charge in [-0.05, 0) is 19.1 Å². The fourth-order valence-corrected chi connectivity index (χ4v) is 4.36. The number of aryl methyl sites for hydroxylation is 1. The molecular weight excluding hydrogens is 329 g/mol. The Kier molecular flexibility index (Phi) is 3.91. The van der Waals surface area contributed by atoms with Gasteiger partial charge in [0.1, 0.15) is 4.90 Å². The maximum Gasteiger partial charge on any atom is 0.267 e. The molecule has 0 fully saturated rings. The van der Waals surface area contributed by atoms with Crippen molar-refractivity contribution in [2.75, 3.05) is 10.5 Å². The van der Waals surface area contributed by atoms with Crippen LogP contribution in [0.15, 0.2) is 22.4 Å². The number of nitrogen functional groups attached to an aromatic ring is 1. The molecule has 5 nitrogen and oxygen atoms in total. The lowest BCUT2D eigenvalue weighted by atomic mass is 10.3. The Bertz CT molecular complexity index is 705. The molecule has 0 bridgehead atoms. The molecule has 0 spiro atoms. The van der Waals surface area contributed by atoms with Gasteiger partial charge >= 0.3 is 0 Å². The molecule has 9 heteroatoms. The van der Waals surface area contributed by atoms with Crippen LogP contribution in [0.5, 0.6) is 0 Å². The first-order valence-corrected chi connectivity index (χ1v) is 8.11. The van der Waals surface area contributed by atoms with E-state index in [4.69, 9.17) is 28.9 Å². The van der Waals surface area contributed by atoms with Crippen LogP contribution in [0.25, 0.3) is 0 Å². The quantitative estimate of drug-likeness (QED) is 0.842. The molecule has 0 amide bonds. The molecule has 0 aliphatic heterocycles. The molecule has 0 unspecified atom stereocenters. The van der Waals surface area contributed by atoms with Crippen LogP contribution in [0.3, 0.4) is 0 Å². The second kappa shape index (κ2) is 5.16. The van der Waals surface area contributed by atoms with E-state index in [1.165, 1.54) is 23.5 Å². The number of hydrogen-bond acceptors (Lipinski definition) is 5. The molecule has 0 aliphatic carbocycles. The number of halogens is 2. The number of rotatable bonds is 3. The van der Waals surface area contributed by atoms with E-state index in [1.807, 2.05) is 0 Å². The Labute approximate surface area is 124 Å². The van der Waals surface area contributed by atoms with E-state index < -0.39 is 10.0 Å². The van der Waals surface area contributed by atoms with Gasteiger partial charge in [0.2, 0.25) is 0 Å². The SMILES string of the molecule is Cc1csc(NS(=O)(=O)c2c(N)cc(Cl)cc2Cl)n1. The van der Waals surface area contributed by atoms with Crippen molar-refractivity contribution in [3.63, 3.8) is 0 Å². The van der Waals surface area contributed by atoms with Gasteiger partial charge in [-0.2, -0.15) is 0 Å². The first-order chi connectivity index (χ1) is 8.79. The molecular formula is C10H9Cl2N3O2S2. The molecule has 1 heterocycles. The van der Waals surface area contributed by atoms with Crippen LogP contribution in [-0.4, -0.2) is 13.4 Å². The van der Waals surface area contributed by atoms with E-state index in [0.717, 1.165) is 5.69 Å². The minimum atomic E-state index is -3.90. The van der Waals surface area contributed by atoms with E-state index in [1.54, 1.807) is 12.3 Å². The van der Waals surface area contributed by atoms with E-state index >= 15 is 0 Å². The van der Waals surface area contributed by atoms with Crippen molar-refractivity contribution >= 4 is 55.4 Å². The zero-order chi connectivity index (χ0) is 14.2. The predicted octanol–water partition coefficient (Wildman–Crippen LogP) is 3.14. The van der Waals surface area contributed by atoms with Crippen LogP contribution in [-0.2, 0) is 10.0 Å². The number of aromatic nitrogens is 1. The summed E-state index contributed by atoms with van der Waals surface area (Å²) in [6.07, 6.45) is 0. The van der Waals surface area contributed by atoms with Gasteiger partial charge in [-0.15, -0.1) is 11.3 Å². The molecule has 19 heavy (non-hydrogen) atoms. The zero-order valence-corrected chi connectivity index (χ0v) is 12.8. The lowest BCUT2D eigenvalue weighted by Crippen LogP contribution is -2.15. The van der Waals surface area contributed by atoms with Crippen LogP contribution in [0.1, 0.15) is 5.69 Å². The van der Waals surface area contributed by atoms with Gasteiger partial charge in [0.05, 0.1) is 16.4 Å². The Morgan fingerprint density at radius 1 is 1.37 bits per heavy atom.